The van der Waals surface area contributed by atoms with Crippen molar-refractivity contribution in [3.8, 4) is 0 Å². The summed E-state index contributed by atoms with van der Waals surface area (Å²) in [5.41, 5.74) is 2.70. The standard InChI is InChI=1S/C33H46N4O2S/c1-5-9-23-34-28-20-17-18-21-29(28)35(24-10-6-2)30(34)22-16-14-13-15-19-27-31(38)36(25-11-7-3)33(40)37(32(27)39)26-12-8-4/h13-22H,5-12,23-26H2,1-4H3/b15-13+,16-14+. The molecule has 0 saturated carbocycles. The van der Waals surface area contributed by atoms with Crippen LogP contribution in [0, 0.1) is 0 Å². The van der Waals surface area contributed by atoms with Crippen LogP contribution in [0.15, 0.2) is 72.1 Å². The Morgan fingerprint density at radius 2 is 1.00 bits per heavy atom. The normalized spacial score (nSPS) is 15.8. The van der Waals surface area contributed by atoms with Crippen molar-refractivity contribution in [3.05, 3.63) is 72.1 Å². The lowest BCUT2D eigenvalue weighted by molar-refractivity contribution is -0.133. The van der Waals surface area contributed by atoms with Gasteiger partial charge in [-0.1, -0.05) is 89.8 Å². The molecule has 1 saturated heterocycles. The van der Waals surface area contributed by atoms with Crippen molar-refractivity contribution in [2.75, 3.05) is 36.0 Å². The SMILES string of the molecule is CCCCN1C(=O)C(=C/C=C/C=C/C=C2N(CCCC)c3ccccc3N2CCCC)C(=O)N(CCCC)C1=S. The van der Waals surface area contributed by atoms with Gasteiger partial charge in [-0.3, -0.25) is 19.4 Å². The lowest BCUT2D eigenvalue weighted by Crippen LogP contribution is -2.56. The molecular formula is C33H46N4O2S. The Morgan fingerprint density at radius 1 is 0.600 bits per heavy atom. The Balaban J connectivity index is 1.81. The molecule has 0 aromatic heterocycles. The van der Waals surface area contributed by atoms with Crippen LogP contribution in [0.3, 0.4) is 0 Å². The van der Waals surface area contributed by atoms with Crippen LogP contribution in [0.1, 0.15) is 79.1 Å². The van der Waals surface area contributed by atoms with E-state index >= 15 is 0 Å². The number of nitrogens with zero attached hydrogens (tertiary/aromatic N) is 4. The monoisotopic (exact) mass is 562 g/mol. The second-order valence-electron chi connectivity index (χ2n) is 10.3. The Labute approximate surface area is 246 Å². The minimum absolute atomic E-state index is 0.173. The maximum absolute atomic E-state index is 13.2. The number of hydrogen-bond donors (Lipinski definition) is 0. The molecule has 0 bridgehead atoms. The number of thiocarbonyl (C=S) groups is 1. The molecule has 1 aromatic rings. The molecule has 2 aliphatic rings. The molecule has 1 fully saturated rings. The largest absolute Gasteiger partial charge is 0.326 e. The van der Waals surface area contributed by atoms with Crippen molar-refractivity contribution in [2.24, 2.45) is 0 Å². The number of benzene rings is 1. The van der Waals surface area contributed by atoms with Gasteiger partial charge in [-0.05, 0) is 62.2 Å². The Kier molecular flexibility index (Phi) is 12.7. The molecule has 0 aliphatic carbocycles. The van der Waals surface area contributed by atoms with Crippen LogP contribution in [-0.2, 0) is 9.59 Å². The van der Waals surface area contributed by atoms with E-state index in [4.69, 9.17) is 12.2 Å². The summed E-state index contributed by atoms with van der Waals surface area (Å²) in [6.45, 7) is 11.6. The number of hydrogen-bond acceptors (Lipinski definition) is 5. The van der Waals surface area contributed by atoms with Gasteiger partial charge in [0.2, 0.25) is 0 Å². The van der Waals surface area contributed by atoms with Crippen molar-refractivity contribution < 1.29 is 9.59 Å². The fourth-order valence-electron chi connectivity index (χ4n) is 4.89. The Bertz CT molecular complexity index is 1080. The van der Waals surface area contributed by atoms with Crippen molar-refractivity contribution >= 4 is 40.5 Å². The van der Waals surface area contributed by atoms with Gasteiger partial charge >= 0.3 is 0 Å². The predicted octanol–water partition coefficient (Wildman–Crippen LogP) is 7.35. The van der Waals surface area contributed by atoms with E-state index in [1.165, 1.54) is 17.2 Å². The third-order valence-electron chi connectivity index (χ3n) is 7.21. The number of fused-ring (bicyclic) bond motifs is 1. The highest BCUT2D eigenvalue weighted by atomic mass is 32.1. The van der Waals surface area contributed by atoms with E-state index in [1.807, 2.05) is 18.2 Å². The Morgan fingerprint density at radius 3 is 1.43 bits per heavy atom. The summed E-state index contributed by atoms with van der Waals surface area (Å²) in [4.78, 5) is 34.3. The number of rotatable bonds is 15. The molecular weight excluding hydrogens is 516 g/mol. The van der Waals surface area contributed by atoms with Crippen LogP contribution in [0.5, 0.6) is 0 Å². The van der Waals surface area contributed by atoms with Gasteiger partial charge in [0.15, 0.2) is 5.11 Å². The molecule has 0 radical (unpaired) electrons. The van der Waals surface area contributed by atoms with Gasteiger partial charge in [0.25, 0.3) is 11.8 Å². The summed E-state index contributed by atoms with van der Waals surface area (Å²) in [7, 11) is 0. The number of allylic oxidation sites excluding steroid dienone is 6. The highest BCUT2D eigenvalue weighted by Crippen LogP contribution is 2.41. The molecule has 6 nitrogen and oxygen atoms in total. The minimum atomic E-state index is -0.297. The van der Waals surface area contributed by atoms with E-state index in [-0.39, 0.29) is 17.4 Å². The smallest absolute Gasteiger partial charge is 0.265 e. The second kappa shape index (κ2) is 16.2. The van der Waals surface area contributed by atoms with Gasteiger partial charge < -0.3 is 9.80 Å². The van der Waals surface area contributed by atoms with Gasteiger partial charge in [0.1, 0.15) is 11.4 Å². The predicted molar refractivity (Wildman–Crippen MR) is 171 cm³/mol. The van der Waals surface area contributed by atoms with Crippen LogP contribution < -0.4 is 9.80 Å². The maximum Gasteiger partial charge on any atom is 0.265 e. The summed E-state index contributed by atoms with van der Waals surface area (Å²) in [5.74, 6) is 0.595. The second-order valence-corrected chi connectivity index (χ2v) is 10.6. The van der Waals surface area contributed by atoms with Crippen LogP contribution in [0.4, 0.5) is 11.4 Å². The highest BCUT2D eigenvalue weighted by Gasteiger charge is 2.38. The molecule has 2 heterocycles. The molecule has 0 N–H and O–H groups in total. The van der Waals surface area contributed by atoms with Crippen LogP contribution >= 0.6 is 12.2 Å². The number of unbranched alkanes of at least 4 members (excludes halogenated alkanes) is 4. The summed E-state index contributed by atoms with van der Waals surface area (Å²) in [5, 5.41) is 0.336. The zero-order valence-electron chi connectivity index (χ0n) is 24.8. The zero-order valence-corrected chi connectivity index (χ0v) is 25.6. The quantitative estimate of drug-likeness (QED) is 0.0968. The zero-order chi connectivity index (χ0) is 28.9. The van der Waals surface area contributed by atoms with E-state index in [0.717, 1.165) is 64.5 Å². The van der Waals surface area contributed by atoms with Crippen molar-refractivity contribution in [1.29, 1.82) is 0 Å². The van der Waals surface area contributed by atoms with Crippen LogP contribution in [0.25, 0.3) is 0 Å². The molecule has 3 rings (SSSR count). The number of para-hydroxylation sites is 2. The molecule has 40 heavy (non-hydrogen) atoms. The molecule has 0 atom stereocenters. The highest BCUT2D eigenvalue weighted by molar-refractivity contribution is 7.80. The molecule has 7 heteroatoms. The van der Waals surface area contributed by atoms with Gasteiger partial charge in [-0.15, -0.1) is 0 Å². The van der Waals surface area contributed by atoms with E-state index in [9.17, 15) is 9.59 Å². The molecule has 2 aliphatic heterocycles. The molecule has 2 amide bonds. The van der Waals surface area contributed by atoms with E-state index < -0.39 is 0 Å². The third-order valence-corrected chi connectivity index (χ3v) is 7.65. The summed E-state index contributed by atoms with van der Waals surface area (Å²) in [6, 6.07) is 8.63. The number of carbonyl (C=O) groups excluding carboxylic acids is 2. The lowest BCUT2D eigenvalue weighted by atomic mass is 10.1. The first kappa shape index (κ1) is 31.3. The molecule has 1 aromatic carbocycles. The molecule has 216 valence electrons. The van der Waals surface area contributed by atoms with Gasteiger partial charge in [-0.25, -0.2) is 0 Å². The number of carbonyl (C=O) groups is 2. The maximum atomic E-state index is 13.2. The average Bonchev–Trinajstić information content (AvgIpc) is 3.25. The van der Waals surface area contributed by atoms with E-state index in [1.54, 1.807) is 22.0 Å². The summed E-state index contributed by atoms with van der Waals surface area (Å²) >= 11 is 5.54. The van der Waals surface area contributed by atoms with E-state index in [2.05, 4.69) is 67.8 Å². The first-order valence-corrected chi connectivity index (χ1v) is 15.5. The van der Waals surface area contributed by atoms with Crippen LogP contribution in [0.2, 0.25) is 0 Å². The van der Waals surface area contributed by atoms with Crippen molar-refractivity contribution in [2.45, 2.75) is 79.1 Å². The fourth-order valence-corrected chi connectivity index (χ4v) is 5.24. The molecule has 0 spiro atoms. The Hall–Kier alpha value is -3.19. The first-order valence-electron chi connectivity index (χ1n) is 15.1. The number of anilines is 2. The van der Waals surface area contributed by atoms with Crippen molar-refractivity contribution in [1.82, 2.24) is 9.80 Å². The minimum Gasteiger partial charge on any atom is -0.326 e. The fraction of sp³-hybridized carbons (Fsp3) is 0.485. The van der Waals surface area contributed by atoms with Crippen molar-refractivity contribution in [3.63, 3.8) is 0 Å². The van der Waals surface area contributed by atoms with E-state index in [0.29, 0.717) is 18.2 Å². The number of amides is 2. The molecule has 0 unspecified atom stereocenters. The van der Waals surface area contributed by atoms with Gasteiger partial charge in [0, 0.05) is 26.2 Å². The summed E-state index contributed by atoms with van der Waals surface area (Å²) < 4.78 is 0. The van der Waals surface area contributed by atoms with Gasteiger partial charge in [0.05, 0.1) is 11.4 Å². The third kappa shape index (κ3) is 7.51. The average molecular weight is 563 g/mol. The van der Waals surface area contributed by atoms with Crippen LogP contribution in [-0.4, -0.2) is 52.9 Å². The summed E-state index contributed by atoms with van der Waals surface area (Å²) in [6.07, 6.45) is 19.6. The first-order chi connectivity index (χ1) is 19.5. The lowest BCUT2D eigenvalue weighted by Gasteiger charge is -2.36. The van der Waals surface area contributed by atoms with Gasteiger partial charge in [-0.2, -0.15) is 0 Å². The topological polar surface area (TPSA) is 47.1 Å².